The molecular formula is C35H44ClN3O4S. The van der Waals surface area contributed by atoms with Crippen molar-refractivity contribution < 1.29 is 18.0 Å². The van der Waals surface area contributed by atoms with Crippen molar-refractivity contribution in [2.45, 2.75) is 83.8 Å². The molecule has 1 aliphatic carbocycles. The molecule has 1 atom stereocenters. The summed E-state index contributed by atoms with van der Waals surface area (Å²) in [7, 11) is -3.63. The number of aryl methyl sites for hydroxylation is 1. The Bertz CT molecular complexity index is 1520. The molecule has 0 saturated heterocycles. The van der Waals surface area contributed by atoms with E-state index in [2.05, 4.69) is 5.32 Å². The molecule has 0 aliphatic heterocycles. The zero-order valence-electron chi connectivity index (χ0n) is 26.0. The minimum atomic E-state index is -3.63. The van der Waals surface area contributed by atoms with Gasteiger partial charge in [-0.2, -0.15) is 0 Å². The van der Waals surface area contributed by atoms with E-state index in [-0.39, 0.29) is 43.8 Å². The van der Waals surface area contributed by atoms with Gasteiger partial charge in [0.2, 0.25) is 21.8 Å². The van der Waals surface area contributed by atoms with Crippen molar-refractivity contribution >= 4 is 39.1 Å². The van der Waals surface area contributed by atoms with Crippen LogP contribution in [0.3, 0.4) is 0 Å². The first-order valence-electron chi connectivity index (χ1n) is 15.4. The maximum atomic E-state index is 14.1. The number of carbonyl (C=O) groups is 2. The number of hydrogen-bond acceptors (Lipinski definition) is 4. The normalized spacial score (nSPS) is 14.5. The van der Waals surface area contributed by atoms with Gasteiger partial charge in [-0.05, 0) is 61.9 Å². The summed E-state index contributed by atoms with van der Waals surface area (Å²) in [5.74, 6) is -0.337. The van der Waals surface area contributed by atoms with Gasteiger partial charge in [-0.1, -0.05) is 97.1 Å². The molecule has 1 aliphatic rings. The third-order valence-electron chi connectivity index (χ3n) is 8.32. The highest BCUT2D eigenvalue weighted by Crippen LogP contribution is 2.29. The molecule has 1 N–H and O–H groups in total. The van der Waals surface area contributed by atoms with Crippen molar-refractivity contribution in [1.29, 1.82) is 0 Å². The van der Waals surface area contributed by atoms with E-state index in [1.807, 2.05) is 61.5 Å². The van der Waals surface area contributed by atoms with Crippen LogP contribution in [0.25, 0.3) is 0 Å². The fraction of sp³-hybridized carbons (Fsp3) is 0.429. The topological polar surface area (TPSA) is 86.8 Å². The van der Waals surface area contributed by atoms with Crippen LogP contribution in [0.4, 0.5) is 5.69 Å². The third kappa shape index (κ3) is 9.32. The monoisotopic (exact) mass is 637 g/mol. The molecule has 0 bridgehead atoms. The quantitative estimate of drug-likeness (QED) is 0.229. The summed E-state index contributed by atoms with van der Waals surface area (Å²) < 4.78 is 26.9. The van der Waals surface area contributed by atoms with Crippen LogP contribution in [0.5, 0.6) is 0 Å². The van der Waals surface area contributed by atoms with Crippen molar-refractivity contribution in [2.24, 2.45) is 0 Å². The molecule has 3 aromatic rings. The van der Waals surface area contributed by atoms with Gasteiger partial charge in [0.15, 0.2) is 0 Å². The van der Waals surface area contributed by atoms with Crippen LogP contribution < -0.4 is 9.62 Å². The largest absolute Gasteiger partial charge is 0.352 e. The van der Waals surface area contributed by atoms with Crippen LogP contribution in [-0.2, 0) is 32.6 Å². The Morgan fingerprint density at radius 3 is 2.30 bits per heavy atom. The number of rotatable bonds is 13. The molecule has 9 heteroatoms. The second-order valence-corrected chi connectivity index (χ2v) is 14.2. The van der Waals surface area contributed by atoms with E-state index in [0.29, 0.717) is 22.7 Å². The fourth-order valence-corrected chi connectivity index (χ4v) is 7.14. The standard InChI is InChI=1S/C35H44ClN3O4S/c1-26-13-10-16-29(23-26)25-38(33(24-28-14-6-4-7-15-28)35(41)37-30-17-8-5-9-18-30)34(40)21-12-22-39(44(3,42)43)32-20-11-19-31(36)27(32)2/h4,6-7,10-11,13-16,19-20,23,30,33H,5,8-9,12,17-18,21-22,24-25H2,1-3H3,(H,37,41)/t33-/m1/s1. The van der Waals surface area contributed by atoms with Crippen LogP contribution in [0.1, 0.15) is 67.2 Å². The van der Waals surface area contributed by atoms with E-state index in [4.69, 9.17) is 11.6 Å². The highest BCUT2D eigenvalue weighted by Gasteiger charge is 2.32. The molecule has 2 amide bonds. The molecule has 0 heterocycles. The lowest BCUT2D eigenvalue weighted by Gasteiger charge is -2.34. The van der Waals surface area contributed by atoms with Crippen molar-refractivity contribution in [1.82, 2.24) is 10.2 Å². The Balaban J connectivity index is 1.60. The summed E-state index contributed by atoms with van der Waals surface area (Å²) in [6, 6.07) is 22.3. The predicted molar refractivity (Wildman–Crippen MR) is 178 cm³/mol. The Morgan fingerprint density at radius 1 is 0.932 bits per heavy atom. The van der Waals surface area contributed by atoms with Crippen LogP contribution in [0.15, 0.2) is 72.8 Å². The number of sulfonamides is 1. The lowest BCUT2D eigenvalue weighted by molar-refractivity contribution is -0.141. The van der Waals surface area contributed by atoms with Gasteiger partial charge in [-0.25, -0.2) is 8.42 Å². The minimum Gasteiger partial charge on any atom is -0.352 e. The number of benzene rings is 3. The molecule has 44 heavy (non-hydrogen) atoms. The number of amides is 2. The number of nitrogens with zero attached hydrogens (tertiary/aromatic N) is 2. The Hall–Kier alpha value is -3.36. The Kier molecular flexibility index (Phi) is 11.9. The maximum absolute atomic E-state index is 14.1. The van der Waals surface area contributed by atoms with E-state index in [1.165, 1.54) is 10.7 Å². The maximum Gasteiger partial charge on any atom is 0.243 e. The number of carbonyl (C=O) groups excluding carboxylic acids is 2. The van der Waals surface area contributed by atoms with E-state index in [1.54, 1.807) is 30.0 Å². The highest BCUT2D eigenvalue weighted by atomic mass is 35.5. The minimum absolute atomic E-state index is 0.0828. The molecule has 3 aromatic carbocycles. The van der Waals surface area contributed by atoms with Crippen molar-refractivity contribution in [3.63, 3.8) is 0 Å². The summed E-state index contributed by atoms with van der Waals surface area (Å²) in [4.78, 5) is 29.8. The van der Waals surface area contributed by atoms with Crippen LogP contribution in [0.2, 0.25) is 5.02 Å². The number of anilines is 1. The molecule has 0 spiro atoms. The first-order chi connectivity index (χ1) is 21.0. The SMILES string of the molecule is Cc1cccc(CN(C(=O)CCCN(c2cccc(Cl)c2C)S(C)(=O)=O)[C@H](Cc2ccccc2)C(=O)NC2CCCCC2)c1. The summed E-state index contributed by atoms with van der Waals surface area (Å²) in [6.07, 6.45) is 7.14. The zero-order valence-corrected chi connectivity index (χ0v) is 27.5. The van der Waals surface area contributed by atoms with Gasteiger partial charge in [0, 0.05) is 37.0 Å². The first kappa shape index (κ1) is 33.5. The summed E-state index contributed by atoms with van der Waals surface area (Å²) >= 11 is 6.30. The van der Waals surface area contributed by atoms with Gasteiger partial charge in [0.05, 0.1) is 11.9 Å². The summed E-state index contributed by atoms with van der Waals surface area (Å²) in [5.41, 5.74) is 4.14. The fourth-order valence-electron chi connectivity index (χ4n) is 5.95. The van der Waals surface area contributed by atoms with E-state index >= 15 is 0 Å². The second-order valence-electron chi connectivity index (χ2n) is 11.9. The van der Waals surface area contributed by atoms with Gasteiger partial charge < -0.3 is 10.2 Å². The smallest absolute Gasteiger partial charge is 0.243 e. The molecule has 7 nitrogen and oxygen atoms in total. The third-order valence-corrected chi connectivity index (χ3v) is 9.91. The lowest BCUT2D eigenvalue weighted by Crippen LogP contribution is -2.53. The number of nitrogens with one attached hydrogen (secondary N) is 1. The molecule has 0 radical (unpaired) electrons. The average molecular weight is 638 g/mol. The van der Waals surface area contributed by atoms with Crippen LogP contribution in [-0.4, -0.2) is 50.0 Å². The Labute approximate surface area is 267 Å². The number of hydrogen-bond donors (Lipinski definition) is 1. The summed E-state index contributed by atoms with van der Waals surface area (Å²) in [5, 5.41) is 3.74. The first-order valence-corrected chi connectivity index (χ1v) is 17.7. The summed E-state index contributed by atoms with van der Waals surface area (Å²) in [6.45, 7) is 4.18. The predicted octanol–water partition coefficient (Wildman–Crippen LogP) is 6.59. The average Bonchev–Trinajstić information content (AvgIpc) is 2.99. The van der Waals surface area contributed by atoms with Gasteiger partial charge in [0.25, 0.3) is 0 Å². The van der Waals surface area contributed by atoms with Gasteiger partial charge in [-0.15, -0.1) is 0 Å². The van der Waals surface area contributed by atoms with E-state index in [0.717, 1.165) is 48.6 Å². The van der Waals surface area contributed by atoms with Gasteiger partial charge in [-0.3, -0.25) is 13.9 Å². The molecule has 0 unspecified atom stereocenters. The molecule has 1 fully saturated rings. The van der Waals surface area contributed by atoms with Crippen molar-refractivity contribution in [2.75, 3.05) is 17.1 Å². The lowest BCUT2D eigenvalue weighted by atomic mass is 9.94. The van der Waals surface area contributed by atoms with Crippen LogP contribution in [0, 0.1) is 13.8 Å². The molecule has 4 rings (SSSR count). The van der Waals surface area contributed by atoms with E-state index < -0.39 is 16.1 Å². The highest BCUT2D eigenvalue weighted by molar-refractivity contribution is 7.92. The number of halogens is 1. The van der Waals surface area contributed by atoms with Crippen LogP contribution >= 0.6 is 11.6 Å². The van der Waals surface area contributed by atoms with E-state index in [9.17, 15) is 18.0 Å². The Morgan fingerprint density at radius 2 is 1.61 bits per heavy atom. The molecule has 236 valence electrons. The zero-order chi connectivity index (χ0) is 31.7. The van der Waals surface area contributed by atoms with Gasteiger partial charge >= 0.3 is 0 Å². The van der Waals surface area contributed by atoms with Crippen molar-refractivity contribution in [3.05, 3.63) is 100 Å². The van der Waals surface area contributed by atoms with Crippen molar-refractivity contribution in [3.8, 4) is 0 Å². The molecule has 1 saturated carbocycles. The van der Waals surface area contributed by atoms with Gasteiger partial charge in [0.1, 0.15) is 6.04 Å². The second kappa shape index (κ2) is 15.6. The molecular weight excluding hydrogens is 594 g/mol. The molecule has 0 aromatic heterocycles.